The van der Waals surface area contributed by atoms with E-state index in [0.29, 0.717) is 0 Å². The number of hydrogen-bond acceptors (Lipinski definition) is 3. The minimum absolute atomic E-state index is 0.00528. The van der Waals surface area contributed by atoms with E-state index < -0.39 is 27.7 Å². The summed E-state index contributed by atoms with van der Waals surface area (Å²) in [6.07, 6.45) is -0.945. The second-order valence-electron chi connectivity index (χ2n) is 6.00. The van der Waals surface area contributed by atoms with Gasteiger partial charge in [0.25, 0.3) is 5.91 Å². The molecule has 3 rings (SSSR count). The van der Waals surface area contributed by atoms with E-state index in [2.05, 4.69) is 10.0 Å². The Morgan fingerprint density at radius 3 is 2.46 bits per heavy atom. The molecule has 3 aromatic rings. The van der Waals surface area contributed by atoms with Crippen LogP contribution in [0.3, 0.4) is 0 Å². The fourth-order valence-electron chi connectivity index (χ4n) is 2.64. The molecule has 11 heteroatoms. The molecule has 1 aromatic carbocycles. The summed E-state index contributed by atoms with van der Waals surface area (Å²) < 4.78 is 65.5. The summed E-state index contributed by atoms with van der Waals surface area (Å²) in [6.45, 7) is 0. The predicted molar refractivity (Wildman–Crippen MR) is 100 cm³/mol. The SMILES string of the molecule is CS(=O)(=O)Nc1cc(Cl)cc(NC(=O)c2cc3c(C(F)(F)F)cccn3c2)c1. The molecule has 0 fully saturated rings. The minimum atomic E-state index is -4.56. The van der Waals surface area contributed by atoms with E-state index in [1.807, 2.05) is 0 Å². The molecule has 148 valence electrons. The van der Waals surface area contributed by atoms with Crippen LogP contribution in [-0.4, -0.2) is 25.0 Å². The lowest BCUT2D eigenvalue weighted by Crippen LogP contribution is -2.13. The number of pyridine rings is 1. The van der Waals surface area contributed by atoms with E-state index in [9.17, 15) is 26.4 Å². The van der Waals surface area contributed by atoms with Crippen molar-refractivity contribution in [3.05, 3.63) is 64.9 Å². The lowest BCUT2D eigenvalue weighted by Gasteiger charge is -2.09. The van der Waals surface area contributed by atoms with Gasteiger partial charge in [0.1, 0.15) is 0 Å². The maximum atomic E-state index is 13.1. The van der Waals surface area contributed by atoms with E-state index in [4.69, 9.17) is 11.6 Å². The first-order valence-corrected chi connectivity index (χ1v) is 9.97. The molecule has 6 nitrogen and oxygen atoms in total. The normalized spacial score (nSPS) is 12.2. The Morgan fingerprint density at radius 2 is 1.82 bits per heavy atom. The van der Waals surface area contributed by atoms with Crippen molar-refractivity contribution in [3.8, 4) is 0 Å². The average Bonchev–Trinajstić information content (AvgIpc) is 2.95. The standard InChI is InChI=1S/C17H13ClF3N3O3S/c1-28(26,27)23-13-7-11(18)6-12(8-13)22-16(25)10-5-15-14(17(19,20)21)3-2-4-24(15)9-10/h2-9,23H,1H3,(H,22,25). The highest BCUT2D eigenvalue weighted by atomic mass is 35.5. The van der Waals surface area contributed by atoms with Crippen LogP contribution in [0.1, 0.15) is 15.9 Å². The second kappa shape index (κ2) is 7.02. The molecule has 0 aliphatic rings. The predicted octanol–water partition coefficient (Wildman–Crippen LogP) is 4.24. The number of alkyl halides is 3. The van der Waals surface area contributed by atoms with Gasteiger partial charge in [-0.2, -0.15) is 13.2 Å². The van der Waals surface area contributed by atoms with Crippen molar-refractivity contribution < 1.29 is 26.4 Å². The molecule has 1 amide bonds. The first-order valence-electron chi connectivity index (χ1n) is 7.70. The molecule has 0 aliphatic heterocycles. The molecule has 0 atom stereocenters. The Labute approximate surface area is 163 Å². The molecular formula is C17H13ClF3N3O3S. The van der Waals surface area contributed by atoms with E-state index in [1.54, 1.807) is 0 Å². The highest BCUT2D eigenvalue weighted by molar-refractivity contribution is 7.92. The second-order valence-corrected chi connectivity index (χ2v) is 8.18. The molecule has 0 radical (unpaired) electrons. The summed E-state index contributed by atoms with van der Waals surface area (Å²) in [5.74, 6) is -0.676. The molecule has 0 saturated heterocycles. The van der Waals surface area contributed by atoms with Crippen molar-refractivity contribution in [2.75, 3.05) is 16.3 Å². The van der Waals surface area contributed by atoms with Crippen LogP contribution >= 0.6 is 11.6 Å². The zero-order valence-corrected chi connectivity index (χ0v) is 15.8. The molecule has 0 spiro atoms. The molecular weight excluding hydrogens is 419 g/mol. The number of carbonyl (C=O) groups is 1. The lowest BCUT2D eigenvalue weighted by molar-refractivity contribution is -0.136. The monoisotopic (exact) mass is 431 g/mol. The van der Waals surface area contributed by atoms with Gasteiger partial charge in [-0.25, -0.2) is 8.42 Å². The van der Waals surface area contributed by atoms with Crippen LogP contribution in [0.5, 0.6) is 0 Å². The molecule has 0 aliphatic carbocycles. The zero-order chi connectivity index (χ0) is 20.7. The number of sulfonamides is 1. The molecule has 2 aromatic heterocycles. The summed E-state index contributed by atoms with van der Waals surface area (Å²) in [5.41, 5.74) is -0.724. The van der Waals surface area contributed by atoms with Gasteiger partial charge in [0, 0.05) is 23.1 Å². The van der Waals surface area contributed by atoms with Crippen LogP contribution in [-0.2, 0) is 16.2 Å². The fraction of sp³-hybridized carbons (Fsp3) is 0.118. The first-order chi connectivity index (χ1) is 12.9. The van der Waals surface area contributed by atoms with E-state index in [0.717, 1.165) is 18.4 Å². The number of rotatable bonds is 4. The van der Waals surface area contributed by atoms with Crippen LogP contribution in [0.2, 0.25) is 5.02 Å². The van der Waals surface area contributed by atoms with Gasteiger partial charge < -0.3 is 9.72 Å². The molecule has 2 heterocycles. The van der Waals surface area contributed by atoms with E-state index >= 15 is 0 Å². The molecule has 0 bridgehead atoms. The van der Waals surface area contributed by atoms with Gasteiger partial charge in [-0.1, -0.05) is 11.6 Å². The van der Waals surface area contributed by atoms with E-state index in [1.165, 1.54) is 41.1 Å². The van der Waals surface area contributed by atoms with Crippen molar-refractivity contribution >= 4 is 44.4 Å². The molecule has 2 N–H and O–H groups in total. The van der Waals surface area contributed by atoms with Crippen molar-refractivity contribution in [2.24, 2.45) is 0 Å². The third-order valence-corrected chi connectivity index (χ3v) is 4.49. The number of amides is 1. The van der Waals surface area contributed by atoms with E-state index in [-0.39, 0.29) is 27.5 Å². The van der Waals surface area contributed by atoms with Gasteiger partial charge in [0.2, 0.25) is 10.0 Å². The summed E-state index contributed by atoms with van der Waals surface area (Å²) >= 11 is 5.93. The Morgan fingerprint density at radius 1 is 1.14 bits per heavy atom. The maximum absolute atomic E-state index is 13.1. The number of anilines is 2. The van der Waals surface area contributed by atoms with Gasteiger partial charge in [0.15, 0.2) is 0 Å². The highest BCUT2D eigenvalue weighted by Crippen LogP contribution is 2.33. The molecule has 0 unspecified atom stereocenters. The summed E-state index contributed by atoms with van der Waals surface area (Å²) in [6, 6.07) is 7.35. The number of benzene rings is 1. The minimum Gasteiger partial charge on any atom is -0.322 e. The Kier molecular flexibility index (Phi) is 5.02. The molecule has 28 heavy (non-hydrogen) atoms. The number of hydrogen-bond donors (Lipinski definition) is 2. The highest BCUT2D eigenvalue weighted by Gasteiger charge is 2.33. The van der Waals surface area contributed by atoms with Crippen LogP contribution in [0.4, 0.5) is 24.5 Å². The maximum Gasteiger partial charge on any atom is 0.418 e. The van der Waals surface area contributed by atoms with Crippen molar-refractivity contribution in [1.29, 1.82) is 0 Å². The average molecular weight is 432 g/mol. The summed E-state index contributed by atoms with van der Waals surface area (Å²) in [4.78, 5) is 12.5. The number of fused-ring (bicyclic) bond motifs is 1. The third-order valence-electron chi connectivity index (χ3n) is 3.66. The zero-order valence-electron chi connectivity index (χ0n) is 14.2. The quantitative estimate of drug-likeness (QED) is 0.648. The van der Waals surface area contributed by atoms with Crippen molar-refractivity contribution in [1.82, 2.24) is 4.40 Å². The summed E-state index contributed by atoms with van der Waals surface area (Å²) in [7, 11) is -3.56. The number of carbonyl (C=O) groups excluding carboxylic acids is 1. The van der Waals surface area contributed by atoms with Crippen LogP contribution in [0, 0.1) is 0 Å². The summed E-state index contributed by atoms with van der Waals surface area (Å²) in [5, 5.41) is 2.65. The van der Waals surface area contributed by atoms with Gasteiger partial charge in [-0.15, -0.1) is 0 Å². The van der Waals surface area contributed by atoms with Crippen molar-refractivity contribution in [3.63, 3.8) is 0 Å². The van der Waals surface area contributed by atoms with Crippen molar-refractivity contribution in [2.45, 2.75) is 6.18 Å². The van der Waals surface area contributed by atoms with Crippen LogP contribution in [0.25, 0.3) is 5.52 Å². The molecule has 0 saturated carbocycles. The van der Waals surface area contributed by atoms with Gasteiger partial charge >= 0.3 is 6.18 Å². The largest absolute Gasteiger partial charge is 0.418 e. The third kappa shape index (κ3) is 4.57. The van der Waals surface area contributed by atoms with Gasteiger partial charge in [0.05, 0.1) is 28.6 Å². The number of aromatic nitrogens is 1. The van der Waals surface area contributed by atoms with Crippen LogP contribution < -0.4 is 10.0 Å². The van der Waals surface area contributed by atoms with Gasteiger partial charge in [-0.3, -0.25) is 9.52 Å². The Balaban J connectivity index is 1.92. The fourth-order valence-corrected chi connectivity index (χ4v) is 3.42. The smallest absolute Gasteiger partial charge is 0.322 e. The Bertz CT molecular complexity index is 1170. The number of nitrogens with one attached hydrogen (secondary N) is 2. The van der Waals surface area contributed by atoms with Gasteiger partial charge in [-0.05, 0) is 36.4 Å². The number of halogens is 4. The first kappa shape index (κ1) is 20.0. The Hall–Kier alpha value is -2.72. The topological polar surface area (TPSA) is 79.7 Å². The lowest BCUT2D eigenvalue weighted by atomic mass is 10.2. The van der Waals surface area contributed by atoms with Crippen LogP contribution in [0.15, 0.2) is 48.8 Å². The number of nitrogens with zero attached hydrogens (tertiary/aromatic N) is 1.